The molecular weight excluding hydrogens is 578 g/mol. The van der Waals surface area contributed by atoms with Crippen molar-refractivity contribution in [2.75, 3.05) is 52.8 Å². The van der Waals surface area contributed by atoms with E-state index in [9.17, 15) is 22.8 Å². The van der Waals surface area contributed by atoms with Gasteiger partial charge >= 0.3 is 6.03 Å². The lowest BCUT2D eigenvalue weighted by Gasteiger charge is -2.26. The molecule has 43 heavy (non-hydrogen) atoms. The van der Waals surface area contributed by atoms with Gasteiger partial charge in [0, 0.05) is 52.7 Å². The van der Waals surface area contributed by atoms with Gasteiger partial charge in [0.05, 0.1) is 24.7 Å². The summed E-state index contributed by atoms with van der Waals surface area (Å²) in [6, 6.07) is 8.46. The van der Waals surface area contributed by atoms with Crippen LogP contribution in [0.15, 0.2) is 53.2 Å². The number of ketones is 1. The van der Waals surface area contributed by atoms with E-state index in [0.717, 1.165) is 0 Å². The number of carbonyl (C=O) groups excluding carboxylic acids is 3. The second-order valence-electron chi connectivity index (χ2n) is 9.90. The van der Waals surface area contributed by atoms with E-state index < -0.39 is 33.6 Å². The van der Waals surface area contributed by atoms with Gasteiger partial charge in [-0.15, -0.1) is 0 Å². The van der Waals surface area contributed by atoms with Crippen LogP contribution in [0.1, 0.15) is 41.9 Å². The number of rotatable bonds is 19. The average molecular weight is 618 g/mol. The van der Waals surface area contributed by atoms with E-state index in [2.05, 4.69) is 20.6 Å². The van der Waals surface area contributed by atoms with Crippen molar-refractivity contribution < 1.29 is 36.7 Å². The molecule has 3 rings (SSSR count). The van der Waals surface area contributed by atoms with Crippen LogP contribution < -0.4 is 10.6 Å². The summed E-state index contributed by atoms with van der Waals surface area (Å²) in [6.45, 7) is 1.20. The van der Waals surface area contributed by atoms with Gasteiger partial charge in [-0.2, -0.15) is 0 Å². The zero-order chi connectivity index (χ0) is 31.1. The first-order valence-electron chi connectivity index (χ1n) is 14.0. The van der Waals surface area contributed by atoms with Gasteiger partial charge in [-0.25, -0.2) is 18.2 Å². The van der Waals surface area contributed by atoms with Crippen LogP contribution in [-0.4, -0.2) is 99.9 Å². The average Bonchev–Trinajstić information content (AvgIpc) is 3.43. The van der Waals surface area contributed by atoms with Crippen molar-refractivity contribution in [1.29, 1.82) is 0 Å². The summed E-state index contributed by atoms with van der Waals surface area (Å²) in [6.07, 6.45) is 4.95. The number of methoxy groups -OCH3 is 2. The molecule has 3 amide bonds. The van der Waals surface area contributed by atoms with Crippen LogP contribution in [0.2, 0.25) is 0 Å². The smallest absolute Gasteiger partial charge is 0.318 e. The molecule has 234 valence electrons. The SMILES string of the molecule is COCCN(CCOC)C(=O)NC(CS(=O)(=O)Cc1cccnc1)C(=O)NCCCCCC(=O)c1nc2ccccc2o1. The lowest BCUT2D eigenvalue weighted by molar-refractivity contribution is -0.122. The minimum atomic E-state index is -3.80. The largest absolute Gasteiger partial charge is 0.434 e. The fraction of sp³-hybridized carbons (Fsp3) is 0.483. The number of oxazole rings is 1. The van der Waals surface area contributed by atoms with E-state index in [1.807, 2.05) is 6.07 Å². The van der Waals surface area contributed by atoms with E-state index in [1.54, 1.807) is 30.3 Å². The van der Waals surface area contributed by atoms with Gasteiger partial charge in [-0.1, -0.05) is 24.6 Å². The van der Waals surface area contributed by atoms with Crippen molar-refractivity contribution in [1.82, 2.24) is 25.5 Å². The number of amides is 3. The summed E-state index contributed by atoms with van der Waals surface area (Å²) >= 11 is 0. The highest BCUT2D eigenvalue weighted by atomic mass is 32.2. The molecule has 0 radical (unpaired) electrons. The summed E-state index contributed by atoms with van der Waals surface area (Å²) in [5.74, 6) is -1.67. The first-order valence-corrected chi connectivity index (χ1v) is 15.8. The van der Waals surface area contributed by atoms with E-state index in [4.69, 9.17) is 13.9 Å². The molecular formula is C29H39N5O8S. The Bertz CT molecular complexity index is 1390. The lowest BCUT2D eigenvalue weighted by Crippen LogP contribution is -2.55. The molecule has 2 aromatic heterocycles. The van der Waals surface area contributed by atoms with Crippen molar-refractivity contribution in [3.8, 4) is 0 Å². The molecule has 0 aliphatic carbocycles. The van der Waals surface area contributed by atoms with Gasteiger partial charge in [0.2, 0.25) is 11.7 Å². The van der Waals surface area contributed by atoms with Crippen LogP contribution in [-0.2, 0) is 29.9 Å². The number of carbonyl (C=O) groups is 3. The lowest BCUT2D eigenvalue weighted by atomic mass is 10.1. The highest BCUT2D eigenvalue weighted by molar-refractivity contribution is 7.90. The van der Waals surface area contributed by atoms with Crippen molar-refractivity contribution in [3.63, 3.8) is 0 Å². The number of Topliss-reactive ketones (excluding diaryl/α,β-unsaturated/α-hetero) is 1. The first-order chi connectivity index (χ1) is 20.7. The fourth-order valence-electron chi connectivity index (χ4n) is 4.21. The number of aromatic nitrogens is 2. The maximum atomic E-state index is 13.1. The first kappa shape index (κ1) is 33.6. The molecule has 2 N–H and O–H groups in total. The predicted octanol–water partition coefficient (Wildman–Crippen LogP) is 2.37. The number of nitrogens with zero attached hydrogens (tertiary/aromatic N) is 3. The van der Waals surface area contributed by atoms with Gasteiger partial charge in [0.15, 0.2) is 15.4 Å². The summed E-state index contributed by atoms with van der Waals surface area (Å²) < 4.78 is 41.7. The number of nitrogens with one attached hydrogen (secondary N) is 2. The molecule has 0 saturated heterocycles. The maximum absolute atomic E-state index is 13.1. The second kappa shape index (κ2) is 17.3. The summed E-state index contributed by atoms with van der Waals surface area (Å²) in [4.78, 5) is 48.2. The normalized spacial score (nSPS) is 12.1. The number of benzene rings is 1. The third-order valence-corrected chi connectivity index (χ3v) is 8.09. The highest BCUT2D eigenvalue weighted by Crippen LogP contribution is 2.17. The number of fused-ring (bicyclic) bond motifs is 1. The van der Waals surface area contributed by atoms with Crippen LogP contribution in [0, 0.1) is 0 Å². The molecule has 0 aliphatic heterocycles. The Kier molecular flexibility index (Phi) is 13.5. The Morgan fingerprint density at radius 2 is 1.74 bits per heavy atom. The Morgan fingerprint density at radius 3 is 2.42 bits per heavy atom. The number of unbranched alkanes of at least 4 members (excludes halogenated alkanes) is 2. The molecule has 14 heteroatoms. The third-order valence-electron chi connectivity index (χ3n) is 6.47. The number of sulfone groups is 1. The topological polar surface area (TPSA) is 170 Å². The van der Waals surface area contributed by atoms with Crippen LogP contribution in [0.3, 0.4) is 0 Å². The van der Waals surface area contributed by atoms with E-state index in [-0.39, 0.29) is 56.7 Å². The van der Waals surface area contributed by atoms with Gasteiger partial charge in [-0.3, -0.25) is 14.6 Å². The number of ether oxygens (including phenoxy) is 2. The van der Waals surface area contributed by atoms with Gasteiger partial charge in [0.1, 0.15) is 11.6 Å². The third kappa shape index (κ3) is 11.4. The van der Waals surface area contributed by atoms with E-state index in [0.29, 0.717) is 35.9 Å². The molecule has 13 nitrogen and oxygen atoms in total. The van der Waals surface area contributed by atoms with Crippen LogP contribution in [0.4, 0.5) is 4.79 Å². The quantitative estimate of drug-likeness (QED) is 0.150. The van der Waals surface area contributed by atoms with Crippen molar-refractivity contribution in [2.24, 2.45) is 0 Å². The minimum absolute atomic E-state index is 0.0746. The van der Waals surface area contributed by atoms with Crippen LogP contribution in [0.5, 0.6) is 0 Å². The highest BCUT2D eigenvalue weighted by Gasteiger charge is 2.29. The molecule has 2 heterocycles. The van der Waals surface area contributed by atoms with Crippen molar-refractivity contribution >= 4 is 38.7 Å². The monoisotopic (exact) mass is 617 g/mol. The summed E-state index contributed by atoms with van der Waals surface area (Å²) in [5.41, 5.74) is 1.65. The number of pyridine rings is 1. The van der Waals surface area contributed by atoms with Gasteiger partial charge in [0.25, 0.3) is 5.89 Å². The Hall–Kier alpha value is -3.88. The van der Waals surface area contributed by atoms with E-state index >= 15 is 0 Å². The molecule has 0 fully saturated rings. The summed E-state index contributed by atoms with van der Waals surface area (Å²) in [7, 11) is -0.806. The molecule has 3 aromatic rings. The maximum Gasteiger partial charge on any atom is 0.318 e. The zero-order valence-corrected chi connectivity index (χ0v) is 25.3. The molecule has 0 saturated carbocycles. The fourth-order valence-corrected chi connectivity index (χ4v) is 5.75. The van der Waals surface area contributed by atoms with Crippen LogP contribution in [0.25, 0.3) is 11.1 Å². The number of hydrogen-bond acceptors (Lipinski definition) is 10. The molecule has 1 aromatic carbocycles. The standard InChI is InChI=1S/C29H39N5O8S/c1-40-17-15-34(16-18-41-2)29(37)33-24(21-43(38,39)20-22-9-8-13-30-19-22)27(36)31-14-7-3-4-11-25(35)28-32-23-10-5-6-12-26(23)42-28/h5-6,8-10,12-13,19,24H,3-4,7,11,14-18,20-21H2,1-2H3,(H,31,36)(H,33,37). The summed E-state index contributed by atoms with van der Waals surface area (Å²) in [5, 5.41) is 5.30. The Labute approximate surface area is 251 Å². The van der Waals surface area contributed by atoms with Crippen LogP contribution >= 0.6 is 0 Å². The van der Waals surface area contributed by atoms with Gasteiger partial charge in [-0.05, 0) is 36.6 Å². The zero-order valence-electron chi connectivity index (χ0n) is 24.5. The molecule has 0 spiro atoms. The molecule has 1 unspecified atom stereocenters. The molecule has 0 aliphatic rings. The Morgan fingerprint density at radius 1 is 1.00 bits per heavy atom. The van der Waals surface area contributed by atoms with Gasteiger partial charge < -0.3 is 29.4 Å². The Balaban J connectivity index is 1.54. The van der Waals surface area contributed by atoms with Crippen molar-refractivity contribution in [2.45, 2.75) is 37.5 Å². The molecule has 0 bridgehead atoms. The number of para-hydroxylation sites is 2. The second-order valence-corrected chi connectivity index (χ2v) is 12.0. The van der Waals surface area contributed by atoms with E-state index in [1.165, 1.54) is 31.5 Å². The van der Waals surface area contributed by atoms with Crippen molar-refractivity contribution in [3.05, 3.63) is 60.2 Å². The predicted molar refractivity (Wildman–Crippen MR) is 159 cm³/mol. The molecule has 1 atom stereocenters. The number of hydrogen-bond donors (Lipinski definition) is 2. The minimum Gasteiger partial charge on any atom is -0.434 e. The number of urea groups is 1.